The Morgan fingerprint density at radius 3 is 1.30 bits per heavy atom. The molecule has 0 radical (unpaired) electrons. The normalized spacial score (nSPS) is 14.7. The van der Waals surface area contributed by atoms with Crippen LogP contribution in [0.4, 0.5) is 0 Å². The summed E-state index contributed by atoms with van der Waals surface area (Å²) in [5, 5.41) is -0.693. The number of aromatic nitrogens is 8. The van der Waals surface area contributed by atoms with E-state index in [1.54, 1.807) is 0 Å². The van der Waals surface area contributed by atoms with Gasteiger partial charge in [0, 0.05) is 5.39 Å². The van der Waals surface area contributed by atoms with Crippen LogP contribution in [-0.2, 0) is 17.9 Å². The summed E-state index contributed by atoms with van der Waals surface area (Å²) in [7, 11) is 0. The minimum atomic E-state index is -0.776. The van der Waals surface area contributed by atoms with Crippen LogP contribution in [0.1, 0.15) is 0 Å². The molecule has 0 saturated heterocycles. The molecule has 16 nitrogen and oxygen atoms in total. The number of benzene rings is 3. The van der Waals surface area contributed by atoms with Crippen LogP contribution < -0.4 is 43.6 Å². The van der Waals surface area contributed by atoms with Crippen molar-refractivity contribution in [1.29, 1.82) is 0 Å². The number of hydrogen-bond donors (Lipinski definition) is 1. The summed E-state index contributed by atoms with van der Waals surface area (Å²) in [5.41, 5.74) is -5.74. The third kappa shape index (κ3) is 2.38. The zero-order valence-corrected chi connectivity index (χ0v) is 30.1. The van der Waals surface area contributed by atoms with Crippen LogP contribution in [0.5, 0.6) is 0 Å². The van der Waals surface area contributed by atoms with Crippen molar-refractivity contribution in [3.05, 3.63) is 102 Å². The molecule has 1 N–H and O–H groups in total. The van der Waals surface area contributed by atoms with Gasteiger partial charge in [0.1, 0.15) is 0 Å². The first-order valence-electron chi connectivity index (χ1n) is 17.1. The van der Waals surface area contributed by atoms with E-state index in [4.69, 9.17) is 29.9 Å². The Bertz CT molecular complexity index is 5240. The van der Waals surface area contributed by atoms with Gasteiger partial charge in [0.15, 0.2) is 0 Å². The Hall–Kier alpha value is -7.65. The summed E-state index contributed by atoms with van der Waals surface area (Å²) in [6.07, 6.45) is 0. The van der Waals surface area contributed by atoms with E-state index in [0.29, 0.717) is 21.6 Å². The Morgan fingerprint density at radius 2 is 0.804 bits per heavy atom. The molecule has 0 atom stereocenters. The first kappa shape index (κ1) is 27.0. The van der Waals surface area contributed by atoms with Crippen LogP contribution in [-0.4, -0.2) is 39.3 Å². The molecule has 0 unspecified atom stereocenters. The van der Waals surface area contributed by atoms with Crippen LogP contribution in [0.2, 0.25) is 0 Å². The van der Waals surface area contributed by atoms with E-state index in [9.17, 15) is 19.2 Å². The van der Waals surface area contributed by atoms with E-state index in [2.05, 4.69) is 11.1 Å². The van der Waals surface area contributed by atoms with Crippen molar-refractivity contribution >= 4 is 148 Å². The van der Waals surface area contributed by atoms with Gasteiger partial charge in [0.25, 0.3) is 0 Å². The molecule has 0 aliphatic carbocycles. The minimum absolute atomic E-state index is 0.00799. The molecule has 11 bridgehead atoms. The summed E-state index contributed by atoms with van der Waals surface area (Å²) in [5.74, 6) is 0. The first-order chi connectivity index (χ1) is 27.1. The van der Waals surface area contributed by atoms with Gasteiger partial charge in [-0.3, -0.25) is 14.4 Å². The molecule has 7 aromatic carbocycles. The molecule has 16 rings (SSSR count). The molecule has 9 heterocycles. The molecule has 56 heavy (non-hydrogen) atoms. The molecule has 0 aliphatic heterocycles. The fourth-order valence-electron chi connectivity index (χ4n) is 10.0. The van der Waals surface area contributed by atoms with Crippen molar-refractivity contribution in [2.45, 2.75) is 0 Å². The predicted molar refractivity (Wildman–Crippen MR) is 199 cm³/mol. The summed E-state index contributed by atoms with van der Waals surface area (Å²) in [6.45, 7) is 0. The summed E-state index contributed by atoms with van der Waals surface area (Å²) in [4.78, 5) is 147. The van der Waals surface area contributed by atoms with E-state index in [0.717, 1.165) is 4.40 Å². The Labute approximate surface area is 305 Å². The number of fused-ring (bicyclic) bond motifs is 9. The second-order valence-corrected chi connectivity index (χ2v) is 16.3. The monoisotopic (exact) mass is 773 g/mol. The van der Waals surface area contributed by atoms with Crippen LogP contribution in [0.3, 0.4) is 0 Å². The van der Waals surface area contributed by atoms with Gasteiger partial charge in [-0.2, -0.15) is 0 Å². The van der Waals surface area contributed by atoms with Gasteiger partial charge in [-0.15, -0.1) is 0 Å². The molecule has 16 aromatic rings. The molecule has 9 aromatic heterocycles. The van der Waals surface area contributed by atoms with Crippen molar-refractivity contribution in [2.75, 3.05) is 0 Å². The van der Waals surface area contributed by atoms with E-state index in [-0.39, 0.29) is 163 Å². The number of nitrogens with one attached hydrogen (secondary N) is 1. The topological polar surface area (TPSA) is 234 Å². The van der Waals surface area contributed by atoms with E-state index < -0.39 is 38.1 Å². The number of nitrogens with zero attached hydrogens (tertiary/aromatic N) is 7. The average Bonchev–Trinajstić information content (AvgIpc) is 4.09. The van der Waals surface area contributed by atoms with Crippen molar-refractivity contribution in [3.8, 4) is 0 Å². The molecule has 0 fully saturated rings. The predicted octanol–water partition coefficient (Wildman–Crippen LogP) is 0.806. The number of rotatable bonds is 0. The summed E-state index contributed by atoms with van der Waals surface area (Å²) >= 11 is 0.446. The maximum absolute atomic E-state index is 15.3. The second-order valence-electron chi connectivity index (χ2n) is 14.9. The molecule has 248 valence electrons. The van der Waals surface area contributed by atoms with E-state index in [1.807, 2.05) is 0 Å². The number of hydrogen-bond acceptors (Lipinski definition) is 14. The molecule has 0 amide bonds. The molecule has 17 heteroatoms. The van der Waals surface area contributed by atoms with Crippen LogP contribution in [0.25, 0.3) is 148 Å². The molecular formula is C39HN8O8Zn-. The van der Waals surface area contributed by atoms with Crippen LogP contribution >= 0.6 is 0 Å². The third-order valence-corrected chi connectivity index (χ3v) is 13.9. The maximum atomic E-state index is 15.3. The zero-order valence-electron chi connectivity index (χ0n) is 27.1. The summed E-state index contributed by atoms with van der Waals surface area (Å²) < 4.78 is 1.56. The van der Waals surface area contributed by atoms with Crippen LogP contribution in [0.15, 0.2) is 38.4 Å². The van der Waals surface area contributed by atoms with Crippen molar-refractivity contribution in [3.63, 3.8) is 0 Å². The SMILES string of the molecule is O=c1[c](=[Zn])c1=c1c(=O)c2c3c(=O)c3c3c(=O)c4c5c(=O)c5c5c(=O)c6c7c(=O)c7c7c(=O)n8c9nc%10nc(nc%11[nH]c([c-]c1%11)nc1nc(nc8c5c49)c6c17)c2c%103. The second kappa shape index (κ2) is 7.39. The van der Waals surface area contributed by atoms with E-state index in [1.165, 1.54) is 0 Å². The Kier molecular flexibility index (Phi) is 3.56. The van der Waals surface area contributed by atoms with Gasteiger partial charge in [-0.1, -0.05) is 0 Å². The molecule has 0 saturated carbocycles. The third-order valence-electron chi connectivity index (χ3n) is 12.5. The quantitative estimate of drug-likeness (QED) is 0.166. The number of aromatic amines is 1. The first-order valence-corrected chi connectivity index (χ1v) is 18.6. The van der Waals surface area contributed by atoms with Crippen molar-refractivity contribution in [1.82, 2.24) is 39.3 Å². The standard InChI is InChI=1S/C39HN8O8.Zn/c48-5-1-3(5)7-4-2-6-40-32(4)42-34-19-13(26(7)49)8-9(27(8)50)14-20(19)35(44-34)45-37-23-16(30(14)53)10-11(28(10)51)17-24(23)38-46-36-21-15(31(17)54)12-18(29(12)52)25(39(55)47(37)38)22(21)33(41-6)43-36;/h(H,40,41,42,43,44,45,46);/q-1;. The molecule has 0 aliphatic rings. The Balaban J connectivity index is 1.45. The van der Waals surface area contributed by atoms with Crippen molar-refractivity contribution in [2.24, 2.45) is 0 Å². The van der Waals surface area contributed by atoms with Gasteiger partial charge in [-0.05, 0) is 0 Å². The fourth-order valence-corrected chi connectivity index (χ4v) is 10.9. The van der Waals surface area contributed by atoms with E-state index >= 15 is 19.2 Å². The van der Waals surface area contributed by atoms with Gasteiger partial charge >= 0.3 is 287 Å². The van der Waals surface area contributed by atoms with Crippen LogP contribution in [0, 0.1) is 20.3 Å². The van der Waals surface area contributed by atoms with Gasteiger partial charge < -0.3 is 0 Å². The number of H-pyrrole nitrogens is 1. The fraction of sp³-hybridized carbons (Fsp3) is 0. The molecular weight excluding hydrogens is 774 g/mol. The average molecular weight is 775 g/mol. The van der Waals surface area contributed by atoms with Gasteiger partial charge in [-0.25, -0.2) is 0 Å². The van der Waals surface area contributed by atoms with Gasteiger partial charge in [0.2, 0.25) is 0 Å². The Morgan fingerprint density at radius 1 is 0.411 bits per heavy atom. The molecule has 0 spiro atoms. The van der Waals surface area contributed by atoms with Crippen molar-refractivity contribution < 1.29 is 17.9 Å². The zero-order chi connectivity index (χ0) is 37.2. The van der Waals surface area contributed by atoms with Gasteiger partial charge in [0.05, 0.1) is 0 Å². The summed E-state index contributed by atoms with van der Waals surface area (Å²) in [6, 6.07) is 3.07.